The zero-order valence-electron chi connectivity index (χ0n) is 70.1. The standard InChI is InChI=1S/C21H18BrFN4O2S.3C21H19BrFN3O4S.HN5O4S/c1-2-29-21(28)17-16-9-12(5-6-24)11-27(16)19(20-25-7-8-30-20)26-18(17)14-4-3-13(23)10-15(14)22;3*1-2-30-21(29)17-15-7-11(8-16(27)28)10-26(15)19(20-24-5-6-31-20)25-18(17)13-4-3-12(23)9-14(13)22;6-4-2-1-3-5-10(8)9-7/h3-4,7-8,10,12,18H,2,5,9,11H2,1H3;3*3-6,9,11,18H,2,7-8,10H2,1H3,(H,27,28);7H/b;;;;2-1+,5-3?/t12?,18-;11-,18+;2*11-,18-;/m0100./s1. The number of rotatable bonds is 27. The van der Waals surface area contributed by atoms with Gasteiger partial charge in [-0.05, 0) is 158 Å². The van der Waals surface area contributed by atoms with Gasteiger partial charge in [0.2, 0.25) is 0 Å². The number of carbonyl (C=O) groups is 7. The van der Waals surface area contributed by atoms with Crippen LogP contribution in [0.3, 0.4) is 0 Å². The Morgan fingerprint density at radius 3 is 0.925 bits per heavy atom. The van der Waals surface area contributed by atoms with E-state index in [1.54, 1.807) is 76.7 Å². The molecule has 4 saturated heterocycles. The van der Waals surface area contributed by atoms with Gasteiger partial charge in [0, 0.05) is 130 Å². The van der Waals surface area contributed by atoms with Gasteiger partial charge < -0.3 is 53.9 Å². The molecule has 4 fully saturated rings. The van der Waals surface area contributed by atoms with Crippen molar-refractivity contribution in [2.24, 2.45) is 69.1 Å². The number of carbonyl (C=O) groups excluding carboxylic acids is 4. The molecule has 9 atom stereocenters. The van der Waals surface area contributed by atoms with Crippen LogP contribution in [0.25, 0.3) is 0 Å². The maximum Gasteiger partial charge on any atom is 0.338 e. The number of nitriles is 1. The molecule has 4 aromatic heterocycles. The molecule has 8 aromatic rings. The van der Waals surface area contributed by atoms with Crippen LogP contribution in [-0.2, 0) is 68.1 Å². The number of hydrogen-bond donors (Lipinski definition) is 4. The van der Waals surface area contributed by atoms with E-state index in [9.17, 15) is 75.9 Å². The second kappa shape index (κ2) is 46.9. The second-order valence-electron chi connectivity index (χ2n) is 29.4. The van der Waals surface area contributed by atoms with Gasteiger partial charge in [0.1, 0.15) is 52.7 Å². The molecule has 0 aliphatic carbocycles. The van der Waals surface area contributed by atoms with Gasteiger partial charge >= 0.3 is 53.1 Å². The zero-order valence-corrected chi connectivity index (χ0v) is 80.5. The number of amidine groups is 4. The number of esters is 4. The smallest absolute Gasteiger partial charge is 0.338 e. The third-order valence-electron chi connectivity index (χ3n) is 20.9. The van der Waals surface area contributed by atoms with Crippen molar-refractivity contribution < 1.29 is 99.2 Å². The Hall–Kier alpha value is -11.5. The molecule has 133 heavy (non-hydrogen) atoms. The van der Waals surface area contributed by atoms with Crippen molar-refractivity contribution in [2.75, 3.05) is 52.6 Å². The third kappa shape index (κ3) is 24.4. The lowest BCUT2D eigenvalue weighted by molar-refractivity contribution is -0.140. The number of aliphatic imine (C=N–C) groups is 4. The molecular formula is C84H76Br4F4N18O18S5. The molecule has 8 aliphatic heterocycles. The SMILES string of the molecule is CCOC(=O)C1=C2CC(CC#N)CN2C(c2nccs2)=N[C@H]1c1ccc(F)cc1Br.CCOC(=O)C1=C2C[C@@H](CC(=O)O)CN2C(c2nccs2)=N[C@H]1c1ccc(F)cc1Br.CCOC(=O)C1=C2C[C@@H](CC(=O)O)CN2C(c2nccs2)=N[C@H]1c1ccc(F)cc1Br.CCOC(=O)C1=C2C[C@H](CC(=O)O)CN2C(c2nccs2)=N[C@H]1c1ccc(F)cc1Br.O=N/N=N/N=NS(=O)OO. The minimum Gasteiger partial charge on any atom is -0.481 e. The molecule has 696 valence electrons. The van der Waals surface area contributed by atoms with Gasteiger partial charge in [0.25, 0.3) is 0 Å². The lowest BCUT2D eigenvalue weighted by atomic mass is 9.93. The van der Waals surface area contributed by atoms with Gasteiger partial charge in [-0.1, -0.05) is 88.0 Å². The van der Waals surface area contributed by atoms with E-state index in [4.69, 9.17) is 49.1 Å². The Balaban J connectivity index is 0.000000154. The predicted molar refractivity (Wildman–Crippen MR) is 490 cm³/mol. The van der Waals surface area contributed by atoms with E-state index >= 15 is 0 Å². The first-order chi connectivity index (χ1) is 64.0. The number of benzene rings is 4. The maximum atomic E-state index is 13.7. The quantitative estimate of drug-likeness (QED) is 0.00706. The fourth-order valence-electron chi connectivity index (χ4n) is 15.9. The van der Waals surface area contributed by atoms with Crippen LogP contribution < -0.4 is 0 Å². The molecule has 0 amide bonds. The Kier molecular flexibility index (Phi) is 35.5. The Labute approximate surface area is 806 Å². The lowest BCUT2D eigenvalue weighted by Crippen LogP contribution is -2.35. The van der Waals surface area contributed by atoms with Crippen LogP contribution in [0, 0.1) is 63.2 Å². The molecule has 36 nitrogen and oxygen atoms in total. The number of fused-ring (bicyclic) bond motifs is 4. The van der Waals surface area contributed by atoms with Crippen molar-refractivity contribution >= 4 is 185 Å². The van der Waals surface area contributed by atoms with E-state index in [1.807, 2.05) is 46.4 Å². The maximum absolute atomic E-state index is 13.7. The van der Waals surface area contributed by atoms with Crippen molar-refractivity contribution in [1.82, 2.24) is 39.5 Å². The topological polar surface area (TPSA) is 480 Å². The molecule has 8 aliphatic rings. The van der Waals surface area contributed by atoms with Crippen molar-refractivity contribution in [3.05, 3.63) is 253 Å². The van der Waals surface area contributed by atoms with Gasteiger partial charge in [-0.25, -0.2) is 61.9 Å². The molecule has 4 N–H and O–H groups in total. The molecule has 0 saturated carbocycles. The highest BCUT2D eigenvalue weighted by Crippen LogP contribution is 2.50. The van der Waals surface area contributed by atoms with E-state index in [1.165, 1.54) is 93.9 Å². The number of nitroso groups, excluding NO2 is 1. The largest absolute Gasteiger partial charge is 0.481 e. The molecule has 49 heteroatoms. The first-order valence-electron chi connectivity index (χ1n) is 40.3. The number of aliphatic carboxylic acids is 3. The number of carboxylic acid groups (broad SMARTS) is 3. The highest BCUT2D eigenvalue weighted by molar-refractivity contribution is 9.11. The van der Waals surface area contributed by atoms with E-state index in [2.05, 4.69) is 114 Å². The number of allylic oxidation sites excluding steroid dienone is 4. The van der Waals surface area contributed by atoms with E-state index in [0.29, 0.717) is 176 Å². The summed E-state index contributed by atoms with van der Waals surface area (Å²) >= 11 is 17.0. The van der Waals surface area contributed by atoms with Gasteiger partial charge in [-0.3, -0.25) is 34.4 Å². The first kappa shape index (κ1) is 101. The van der Waals surface area contributed by atoms with Crippen molar-refractivity contribution in [2.45, 2.75) is 103 Å². The summed E-state index contributed by atoms with van der Waals surface area (Å²) in [4.78, 5) is 140. The van der Waals surface area contributed by atoms with Crippen molar-refractivity contribution in [3.8, 4) is 6.07 Å². The second-order valence-corrected chi connectivity index (χ2v) is 37.1. The summed E-state index contributed by atoms with van der Waals surface area (Å²) in [5, 5.41) is 64.4. The van der Waals surface area contributed by atoms with Gasteiger partial charge in [0.05, 0.1) is 74.1 Å². The van der Waals surface area contributed by atoms with Crippen LogP contribution in [0.4, 0.5) is 17.6 Å². The molecule has 2 unspecified atom stereocenters. The number of halogens is 8. The van der Waals surface area contributed by atoms with Crippen LogP contribution >= 0.6 is 109 Å². The van der Waals surface area contributed by atoms with Gasteiger partial charge in [-0.15, -0.1) is 54.6 Å². The number of nitrogens with zero attached hydrogens (tertiary/aromatic N) is 18. The summed E-state index contributed by atoms with van der Waals surface area (Å²) in [7, 11) is 0. The molecule has 0 radical (unpaired) electrons. The van der Waals surface area contributed by atoms with E-state index < -0.39 is 94.7 Å². The summed E-state index contributed by atoms with van der Waals surface area (Å²) in [5.74, 6) is -4.37. The zero-order chi connectivity index (χ0) is 95.4. The number of hydrogen-bond acceptors (Lipinski definition) is 32. The van der Waals surface area contributed by atoms with E-state index in [-0.39, 0.29) is 75.2 Å². The Morgan fingerprint density at radius 1 is 0.444 bits per heavy atom. The van der Waals surface area contributed by atoms with Crippen molar-refractivity contribution in [3.63, 3.8) is 0 Å². The van der Waals surface area contributed by atoms with Gasteiger partial charge in [-0.2, -0.15) is 9.47 Å². The summed E-state index contributed by atoms with van der Waals surface area (Å²) in [5.41, 5.74) is 6.87. The average Bonchev–Trinajstić information content (AvgIpc) is 1.52. The third-order valence-corrected chi connectivity index (χ3v) is 27.1. The number of carboxylic acids is 3. The minimum atomic E-state index is -2.31. The van der Waals surface area contributed by atoms with E-state index in [0.717, 1.165) is 10.7 Å². The van der Waals surface area contributed by atoms with Crippen LogP contribution in [0.15, 0.2) is 228 Å². The van der Waals surface area contributed by atoms with Gasteiger partial charge in [0.15, 0.2) is 43.4 Å². The molecule has 16 rings (SSSR count). The molecule has 0 bridgehead atoms. The normalized spacial score (nSPS) is 20.1. The lowest BCUT2D eigenvalue weighted by Gasteiger charge is -2.32. The fraction of sp³-hybridized carbons (Fsp3) is 0.333. The summed E-state index contributed by atoms with van der Waals surface area (Å²) in [6, 6.07) is 16.4. The molecule has 12 heterocycles. The summed E-state index contributed by atoms with van der Waals surface area (Å²) < 4.78 is 94.0. The highest BCUT2D eigenvalue weighted by atomic mass is 79.9. The van der Waals surface area contributed by atoms with Crippen LogP contribution in [-0.4, -0.2) is 182 Å². The molecular weight excluding hydrogens is 2100 g/mol. The summed E-state index contributed by atoms with van der Waals surface area (Å²) in [6.45, 7) is 9.55. The van der Waals surface area contributed by atoms with Crippen LogP contribution in [0.1, 0.15) is 146 Å². The number of thiazole rings is 4. The molecule has 4 aromatic carbocycles. The minimum absolute atomic E-state index is 0.0217. The fourth-order valence-corrected chi connectivity index (χ4v) is 20.8. The average molecular weight is 2180 g/mol. The monoisotopic (exact) mass is 2180 g/mol. The highest BCUT2D eigenvalue weighted by Gasteiger charge is 2.48. The Morgan fingerprint density at radius 2 is 0.707 bits per heavy atom. The van der Waals surface area contributed by atoms with Crippen LogP contribution in [0.2, 0.25) is 0 Å². The number of aromatic nitrogens is 4. The van der Waals surface area contributed by atoms with Crippen LogP contribution in [0.5, 0.6) is 0 Å². The van der Waals surface area contributed by atoms with Crippen molar-refractivity contribution in [1.29, 1.82) is 5.26 Å². The number of ether oxygens (including phenoxy) is 4. The first-order valence-corrected chi connectivity index (χ1v) is 48.0. The molecule has 0 spiro atoms. The Bertz CT molecular complexity index is 5720. The predicted octanol–water partition coefficient (Wildman–Crippen LogP) is 17.6. The summed E-state index contributed by atoms with van der Waals surface area (Å²) in [6.07, 6.45) is 8.80.